The molecule has 8 nitrogen and oxygen atoms in total. The molecule has 1 aliphatic heterocycles. The van der Waals surface area contributed by atoms with Crippen LogP contribution in [-0.2, 0) is 14.6 Å². The lowest BCUT2D eigenvalue weighted by atomic mass is 10.0. The molecule has 2 unspecified atom stereocenters. The summed E-state index contributed by atoms with van der Waals surface area (Å²) in [6, 6.07) is 15.5. The van der Waals surface area contributed by atoms with Crippen molar-refractivity contribution in [3.8, 4) is 11.1 Å². The summed E-state index contributed by atoms with van der Waals surface area (Å²) in [5, 5.41) is 9.08. The molecule has 11 heteroatoms. The van der Waals surface area contributed by atoms with Gasteiger partial charge in [0.1, 0.15) is 11.9 Å². The Morgan fingerprint density at radius 3 is 2.30 bits per heavy atom. The lowest BCUT2D eigenvalue weighted by Gasteiger charge is -2.24. The van der Waals surface area contributed by atoms with Crippen LogP contribution in [0.1, 0.15) is 6.42 Å². The van der Waals surface area contributed by atoms with E-state index in [1.54, 1.807) is 43.4 Å². The summed E-state index contributed by atoms with van der Waals surface area (Å²) in [6.07, 6.45) is 1.44. The average Bonchev–Trinajstić information content (AvgIpc) is 3.30. The van der Waals surface area contributed by atoms with Crippen molar-refractivity contribution < 1.29 is 22.4 Å². The number of anilines is 2. The number of carbonyl (C=O) groups is 2. The lowest BCUT2D eigenvalue weighted by molar-refractivity contribution is -0.119. The molecule has 0 bridgehead atoms. The molecule has 3 N–H and O–H groups in total. The summed E-state index contributed by atoms with van der Waals surface area (Å²) < 4.78 is 39.4. The molecular formula is C26H26ClFN4O4S. The highest BCUT2D eigenvalue weighted by Crippen LogP contribution is 2.31. The summed E-state index contributed by atoms with van der Waals surface area (Å²) in [6.45, 7) is 0.309. The van der Waals surface area contributed by atoms with E-state index < -0.39 is 33.6 Å². The van der Waals surface area contributed by atoms with Crippen LogP contribution in [0, 0.1) is 5.82 Å². The van der Waals surface area contributed by atoms with Crippen molar-refractivity contribution in [1.82, 2.24) is 10.2 Å². The van der Waals surface area contributed by atoms with Crippen LogP contribution < -0.4 is 16.0 Å². The third-order valence-electron chi connectivity index (χ3n) is 6.18. The predicted molar refractivity (Wildman–Crippen MR) is 142 cm³/mol. The number of nitrogens with zero attached hydrogens (tertiary/aromatic N) is 1. The predicted octanol–water partition coefficient (Wildman–Crippen LogP) is 4.38. The number of hydrogen-bond donors (Lipinski definition) is 3. The SMILES string of the molecule is CNC1CC(C(=O)Nc2ccc(-c3ccccc3S(C)(=O)=O)c(F)c2)N(C(=O)Nc2ccc(Cl)cc2)C1. The van der Waals surface area contributed by atoms with Gasteiger partial charge < -0.3 is 20.9 Å². The normalized spacial score (nSPS) is 17.5. The van der Waals surface area contributed by atoms with Gasteiger partial charge in [-0.3, -0.25) is 4.79 Å². The largest absolute Gasteiger partial charge is 0.324 e. The Kier molecular flexibility index (Phi) is 7.82. The van der Waals surface area contributed by atoms with Crippen LogP contribution in [0.3, 0.4) is 0 Å². The van der Waals surface area contributed by atoms with Crippen LogP contribution in [0.15, 0.2) is 71.6 Å². The molecule has 1 aliphatic rings. The van der Waals surface area contributed by atoms with Crippen LogP contribution in [0.2, 0.25) is 5.02 Å². The van der Waals surface area contributed by atoms with Gasteiger partial charge in [0, 0.05) is 46.4 Å². The van der Waals surface area contributed by atoms with Gasteiger partial charge in [0.15, 0.2) is 9.84 Å². The molecule has 2 atom stereocenters. The first kappa shape index (κ1) is 26.6. The van der Waals surface area contributed by atoms with Gasteiger partial charge in [0.2, 0.25) is 5.91 Å². The van der Waals surface area contributed by atoms with Gasteiger partial charge in [0.25, 0.3) is 0 Å². The van der Waals surface area contributed by atoms with Crippen molar-refractivity contribution in [2.45, 2.75) is 23.4 Å². The van der Waals surface area contributed by atoms with Crippen molar-refractivity contribution in [1.29, 1.82) is 0 Å². The van der Waals surface area contributed by atoms with Gasteiger partial charge in [-0.2, -0.15) is 0 Å². The Balaban J connectivity index is 1.52. The molecule has 3 aromatic rings. The fourth-order valence-corrected chi connectivity index (χ4v) is 5.33. The zero-order chi connectivity index (χ0) is 26.7. The quantitative estimate of drug-likeness (QED) is 0.427. The smallest absolute Gasteiger partial charge is 0.322 e. The number of likely N-dealkylation sites (tertiary alicyclic amines) is 1. The maximum atomic E-state index is 15.1. The fraction of sp³-hybridized carbons (Fsp3) is 0.231. The molecule has 0 spiro atoms. The van der Waals surface area contributed by atoms with Crippen molar-refractivity contribution in [2.75, 3.05) is 30.5 Å². The van der Waals surface area contributed by atoms with E-state index in [1.807, 2.05) is 0 Å². The number of hydrogen-bond acceptors (Lipinski definition) is 5. The highest BCUT2D eigenvalue weighted by molar-refractivity contribution is 7.90. The second kappa shape index (κ2) is 10.9. The minimum Gasteiger partial charge on any atom is -0.324 e. The first-order chi connectivity index (χ1) is 17.6. The average molecular weight is 545 g/mol. The van der Waals surface area contributed by atoms with E-state index in [1.165, 1.54) is 29.2 Å². The molecule has 0 radical (unpaired) electrons. The van der Waals surface area contributed by atoms with Crippen LogP contribution >= 0.6 is 11.6 Å². The molecule has 194 valence electrons. The number of halogens is 2. The van der Waals surface area contributed by atoms with Crippen LogP contribution in [0.25, 0.3) is 11.1 Å². The number of urea groups is 1. The molecule has 4 rings (SSSR count). The molecule has 0 aromatic heterocycles. The number of nitrogens with one attached hydrogen (secondary N) is 3. The van der Waals surface area contributed by atoms with Gasteiger partial charge >= 0.3 is 6.03 Å². The van der Waals surface area contributed by atoms with Crippen LogP contribution in [0.5, 0.6) is 0 Å². The molecule has 1 heterocycles. The Morgan fingerprint density at radius 1 is 0.973 bits per heavy atom. The third-order valence-corrected chi connectivity index (χ3v) is 7.59. The number of carbonyl (C=O) groups excluding carboxylic acids is 2. The van der Waals surface area contributed by atoms with E-state index >= 15 is 4.39 Å². The minimum absolute atomic E-state index is 0.0112. The second-order valence-corrected chi connectivity index (χ2v) is 11.2. The summed E-state index contributed by atoms with van der Waals surface area (Å²) in [5.41, 5.74) is 1.06. The Labute approximate surface area is 219 Å². The molecule has 1 fully saturated rings. The highest BCUT2D eigenvalue weighted by Gasteiger charge is 2.39. The molecule has 1 saturated heterocycles. The molecular weight excluding hydrogens is 519 g/mol. The van der Waals surface area contributed by atoms with Gasteiger partial charge in [-0.05, 0) is 62.0 Å². The standard InChI is InChI=1S/C26H26ClFN4O4S/c1-29-19-14-23(32(15-19)26(34)31-17-9-7-16(27)8-10-17)25(33)30-18-11-12-20(22(28)13-18)21-5-3-4-6-24(21)37(2,35)36/h3-13,19,23,29H,14-15H2,1-2H3,(H,30,33)(H,31,34). The van der Waals surface area contributed by atoms with Crippen molar-refractivity contribution in [3.05, 3.63) is 77.6 Å². The molecule has 37 heavy (non-hydrogen) atoms. The van der Waals surface area contributed by atoms with E-state index in [-0.39, 0.29) is 27.8 Å². The van der Waals surface area contributed by atoms with Gasteiger partial charge in [-0.15, -0.1) is 0 Å². The maximum absolute atomic E-state index is 15.1. The number of sulfone groups is 1. The number of rotatable bonds is 6. The Hall–Kier alpha value is -3.47. The molecule has 0 aliphatic carbocycles. The summed E-state index contributed by atoms with van der Waals surface area (Å²) in [4.78, 5) is 27.6. The summed E-state index contributed by atoms with van der Waals surface area (Å²) in [5.74, 6) is -1.15. The highest BCUT2D eigenvalue weighted by atomic mass is 35.5. The molecule has 0 saturated carbocycles. The second-order valence-electron chi connectivity index (χ2n) is 8.78. The fourth-order valence-electron chi connectivity index (χ4n) is 4.30. The molecule has 3 aromatic carbocycles. The van der Waals surface area contributed by atoms with Crippen LogP contribution in [0.4, 0.5) is 20.6 Å². The lowest BCUT2D eigenvalue weighted by Crippen LogP contribution is -2.45. The first-order valence-corrected chi connectivity index (χ1v) is 13.7. The van der Waals surface area contributed by atoms with E-state index in [4.69, 9.17) is 11.6 Å². The monoisotopic (exact) mass is 544 g/mol. The van der Waals surface area contributed by atoms with Crippen LogP contribution in [-0.4, -0.2) is 57.2 Å². The topological polar surface area (TPSA) is 108 Å². The van der Waals surface area contributed by atoms with E-state index in [0.717, 1.165) is 12.3 Å². The molecule has 3 amide bonds. The Bertz CT molecular complexity index is 1430. The van der Waals surface area contributed by atoms with Gasteiger partial charge in [0.05, 0.1) is 4.90 Å². The van der Waals surface area contributed by atoms with Gasteiger partial charge in [-0.1, -0.05) is 29.8 Å². The van der Waals surface area contributed by atoms with E-state index in [2.05, 4.69) is 16.0 Å². The first-order valence-electron chi connectivity index (χ1n) is 11.5. The van der Waals surface area contributed by atoms with Crippen molar-refractivity contribution in [3.63, 3.8) is 0 Å². The summed E-state index contributed by atoms with van der Waals surface area (Å²) in [7, 11) is -1.83. The number of benzene rings is 3. The minimum atomic E-state index is -3.58. The van der Waals surface area contributed by atoms with Crippen molar-refractivity contribution in [2.24, 2.45) is 0 Å². The zero-order valence-electron chi connectivity index (χ0n) is 20.2. The Morgan fingerprint density at radius 2 is 1.65 bits per heavy atom. The number of amides is 3. The van der Waals surface area contributed by atoms with Crippen molar-refractivity contribution >= 4 is 44.8 Å². The summed E-state index contributed by atoms with van der Waals surface area (Å²) >= 11 is 5.90. The van der Waals surface area contributed by atoms with E-state index in [9.17, 15) is 18.0 Å². The van der Waals surface area contributed by atoms with E-state index in [0.29, 0.717) is 23.7 Å². The maximum Gasteiger partial charge on any atom is 0.322 e. The third kappa shape index (κ3) is 6.10. The number of likely N-dealkylation sites (N-methyl/N-ethyl adjacent to an activating group) is 1. The van der Waals surface area contributed by atoms with Gasteiger partial charge in [-0.25, -0.2) is 17.6 Å². The zero-order valence-corrected chi connectivity index (χ0v) is 21.7.